The Labute approximate surface area is 133 Å². The molecule has 1 amide bonds. The van der Waals surface area contributed by atoms with Gasteiger partial charge in [0.25, 0.3) is 5.91 Å². The molecule has 0 aliphatic heterocycles. The SMILES string of the molecule is CC(C)(c1ccc(C(=O)N[C@H]2CC[C@@H](CO)C2)cc1)C(F)(F)F. The summed E-state index contributed by atoms with van der Waals surface area (Å²) in [7, 11) is 0. The third kappa shape index (κ3) is 3.86. The topological polar surface area (TPSA) is 49.3 Å². The highest BCUT2D eigenvalue weighted by Gasteiger charge is 2.48. The van der Waals surface area contributed by atoms with E-state index in [2.05, 4.69) is 5.32 Å². The van der Waals surface area contributed by atoms with Crippen LogP contribution in [0.25, 0.3) is 0 Å². The molecule has 0 unspecified atom stereocenters. The zero-order valence-corrected chi connectivity index (χ0v) is 13.3. The fourth-order valence-electron chi connectivity index (χ4n) is 2.84. The monoisotopic (exact) mass is 329 g/mol. The maximum absolute atomic E-state index is 13.0. The van der Waals surface area contributed by atoms with Gasteiger partial charge in [0.15, 0.2) is 0 Å². The number of hydrogen-bond donors (Lipinski definition) is 2. The number of benzene rings is 1. The van der Waals surface area contributed by atoms with Gasteiger partial charge < -0.3 is 10.4 Å². The van der Waals surface area contributed by atoms with Crippen LogP contribution in [-0.2, 0) is 5.41 Å². The Hall–Kier alpha value is -1.56. The van der Waals surface area contributed by atoms with Crippen molar-refractivity contribution in [2.75, 3.05) is 6.61 Å². The number of halogens is 3. The fraction of sp³-hybridized carbons (Fsp3) is 0.588. The normalized spacial score (nSPS) is 22.2. The van der Waals surface area contributed by atoms with Crippen molar-refractivity contribution in [1.29, 1.82) is 0 Å². The molecule has 1 aliphatic rings. The van der Waals surface area contributed by atoms with Crippen molar-refractivity contribution in [3.63, 3.8) is 0 Å². The highest BCUT2D eigenvalue weighted by molar-refractivity contribution is 5.94. The molecular formula is C17H22F3NO2. The molecular weight excluding hydrogens is 307 g/mol. The van der Waals surface area contributed by atoms with Gasteiger partial charge in [-0.25, -0.2) is 0 Å². The lowest BCUT2D eigenvalue weighted by Gasteiger charge is -2.28. The first kappa shape index (κ1) is 17.8. The predicted octanol–water partition coefficient (Wildman–Crippen LogP) is 3.42. The van der Waals surface area contributed by atoms with E-state index < -0.39 is 11.6 Å². The van der Waals surface area contributed by atoms with Gasteiger partial charge in [-0.05, 0) is 56.7 Å². The fourth-order valence-corrected chi connectivity index (χ4v) is 2.84. The Kier molecular flexibility index (Phi) is 5.04. The first-order valence-electron chi connectivity index (χ1n) is 7.74. The summed E-state index contributed by atoms with van der Waals surface area (Å²) < 4.78 is 39.1. The molecule has 1 aliphatic carbocycles. The summed E-state index contributed by atoms with van der Waals surface area (Å²) in [4.78, 5) is 12.2. The van der Waals surface area contributed by atoms with Crippen molar-refractivity contribution in [2.24, 2.45) is 5.92 Å². The van der Waals surface area contributed by atoms with E-state index in [1.165, 1.54) is 24.3 Å². The standard InChI is InChI=1S/C17H22F3NO2/c1-16(2,17(18,19)20)13-6-4-12(5-7-13)15(23)21-14-8-3-11(9-14)10-22/h4-7,11,14,22H,3,8-10H2,1-2H3,(H,21,23)/t11-,14+/m1/s1. The number of hydrogen-bond acceptors (Lipinski definition) is 2. The lowest BCUT2D eigenvalue weighted by atomic mass is 9.83. The second-order valence-corrected chi connectivity index (χ2v) is 6.73. The summed E-state index contributed by atoms with van der Waals surface area (Å²) in [6.45, 7) is 2.36. The van der Waals surface area contributed by atoms with Crippen molar-refractivity contribution in [3.8, 4) is 0 Å². The summed E-state index contributed by atoms with van der Waals surface area (Å²) >= 11 is 0. The third-order valence-electron chi connectivity index (χ3n) is 4.71. The number of aliphatic hydroxyl groups excluding tert-OH is 1. The van der Waals surface area contributed by atoms with Crippen LogP contribution in [0.4, 0.5) is 13.2 Å². The zero-order chi connectivity index (χ0) is 17.3. The average Bonchev–Trinajstić information content (AvgIpc) is 2.94. The Morgan fingerprint density at radius 3 is 2.30 bits per heavy atom. The maximum Gasteiger partial charge on any atom is 0.397 e. The molecule has 2 N–H and O–H groups in total. The number of rotatable bonds is 4. The van der Waals surface area contributed by atoms with Crippen LogP contribution in [0.1, 0.15) is 49.0 Å². The maximum atomic E-state index is 13.0. The van der Waals surface area contributed by atoms with Crippen LogP contribution in [0.3, 0.4) is 0 Å². The molecule has 2 rings (SSSR count). The molecule has 0 heterocycles. The molecule has 0 bridgehead atoms. The predicted molar refractivity (Wildman–Crippen MR) is 81.2 cm³/mol. The minimum Gasteiger partial charge on any atom is -0.396 e. The van der Waals surface area contributed by atoms with Crippen LogP contribution in [0.5, 0.6) is 0 Å². The van der Waals surface area contributed by atoms with Crippen molar-refractivity contribution < 1.29 is 23.1 Å². The van der Waals surface area contributed by atoms with E-state index in [1.807, 2.05) is 0 Å². The van der Waals surface area contributed by atoms with Gasteiger partial charge in [-0.2, -0.15) is 13.2 Å². The molecule has 0 radical (unpaired) electrons. The van der Waals surface area contributed by atoms with E-state index in [0.29, 0.717) is 5.56 Å². The molecule has 2 atom stereocenters. The number of carbonyl (C=O) groups excluding carboxylic acids is 1. The van der Waals surface area contributed by atoms with E-state index in [0.717, 1.165) is 33.1 Å². The van der Waals surface area contributed by atoms with Crippen molar-refractivity contribution in [3.05, 3.63) is 35.4 Å². The van der Waals surface area contributed by atoms with Gasteiger partial charge in [0.1, 0.15) is 0 Å². The van der Waals surface area contributed by atoms with E-state index >= 15 is 0 Å². The number of alkyl halides is 3. The highest BCUT2D eigenvalue weighted by Crippen LogP contribution is 2.40. The van der Waals surface area contributed by atoms with Crippen molar-refractivity contribution >= 4 is 5.91 Å². The molecule has 0 spiro atoms. The Morgan fingerprint density at radius 1 is 1.22 bits per heavy atom. The molecule has 1 aromatic rings. The van der Waals surface area contributed by atoms with Crippen LogP contribution in [-0.4, -0.2) is 29.8 Å². The van der Waals surface area contributed by atoms with E-state index in [4.69, 9.17) is 5.11 Å². The second-order valence-electron chi connectivity index (χ2n) is 6.73. The average molecular weight is 329 g/mol. The molecule has 1 fully saturated rings. The summed E-state index contributed by atoms with van der Waals surface area (Å²) in [5.74, 6) is -0.0692. The van der Waals surface area contributed by atoms with Crippen LogP contribution in [0.2, 0.25) is 0 Å². The molecule has 0 saturated heterocycles. The Morgan fingerprint density at radius 2 is 1.83 bits per heavy atom. The minimum atomic E-state index is -4.35. The number of aliphatic hydroxyl groups is 1. The minimum absolute atomic E-state index is 0.0194. The summed E-state index contributed by atoms with van der Waals surface area (Å²) in [6.07, 6.45) is -1.92. The molecule has 1 saturated carbocycles. The number of nitrogens with one attached hydrogen (secondary N) is 1. The smallest absolute Gasteiger partial charge is 0.396 e. The van der Waals surface area contributed by atoms with Gasteiger partial charge in [-0.3, -0.25) is 4.79 Å². The van der Waals surface area contributed by atoms with Gasteiger partial charge in [0, 0.05) is 18.2 Å². The van der Waals surface area contributed by atoms with E-state index in [-0.39, 0.29) is 30.0 Å². The molecule has 0 aromatic heterocycles. The van der Waals surface area contributed by atoms with Crippen LogP contribution in [0.15, 0.2) is 24.3 Å². The van der Waals surface area contributed by atoms with Gasteiger partial charge in [-0.1, -0.05) is 12.1 Å². The first-order chi connectivity index (χ1) is 10.6. The molecule has 128 valence electrons. The molecule has 23 heavy (non-hydrogen) atoms. The largest absolute Gasteiger partial charge is 0.397 e. The van der Waals surface area contributed by atoms with Crippen LogP contribution in [0, 0.1) is 5.92 Å². The van der Waals surface area contributed by atoms with Crippen LogP contribution < -0.4 is 5.32 Å². The van der Waals surface area contributed by atoms with E-state index in [1.54, 1.807) is 0 Å². The highest BCUT2D eigenvalue weighted by atomic mass is 19.4. The van der Waals surface area contributed by atoms with Crippen molar-refractivity contribution in [2.45, 2.75) is 50.7 Å². The first-order valence-corrected chi connectivity index (χ1v) is 7.74. The summed E-state index contributed by atoms with van der Waals surface area (Å²) in [5.41, 5.74) is -1.48. The number of carbonyl (C=O) groups is 1. The lowest BCUT2D eigenvalue weighted by Crippen LogP contribution is -2.36. The van der Waals surface area contributed by atoms with Crippen LogP contribution >= 0.6 is 0 Å². The van der Waals surface area contributed by atoms with E-state index in [9.17, 15) is 18.0 Å². The van der Waals surface area contributed by atoms with Gasteiger partial charge in [-0.15, -0.1) is 0 Å². The van der Waals surface area contributed by atoms with Gasteiger partial charge in [0.2, 0.25) is 0 Å². The van der Waals surface area contributed by atoms with Gasteiger partial charge in [0.05, 0.1) is 5.41 Å². The summed E-state index contributed by atoms with van der Waals surface area (Å²) in [5, 5.41) is 12.0. The Bertz CT molecular complexity index is 552. The quantitative estimate of drug-likeness (QED) is 0.889. The molecule has 3 nitrogen and oxygen atoms in total. The van der Waals surface area contributed by atoms with Crippen molar-refractivity contribution in [1.82, 2.24) is 5.32 Å². The second kappa shape index (κ2) is 6.51. The molecule has 6 heteroatoms. The third-order valence-corrected chi connectivity index (χ3v) is 4.71. The lowest BCUT2D eigenvalue weighted by molar-refractivity contribution is -0.180. The summed E-state index contributed by atoms with van der Waals surface area (Å²) in [6, 6.07) is 5.58. The molecule has 1 aromatic carbocycles. The Balaban J connectivity index is 2.04. The zero-order valence-electron chi connectivity index (χ0n) is 13.3. The number of amides is 1. The van der Waals surface area contributed by atoms with Gasteiger partial charge >= 0.3 is 6.18 Å².